The molecule has 2 atom stereocenters. The van der Waals surface area contributed by atoms with Gasteiger partial charge in [0, 0.05) is 11.6 Å². The molecule has 0 radical (unpaired) electrons. The van der Waals surface area contributed by atoms with Crippen LogP contribution in [0.5, 0.6) is 28.7 Å². The predicted octanol–water partition coefficient (Wildman–Crippen LogP) is 2.63. The number of ether oxygens (including phenoxy) is 4. The number of methoxy groups -OCH3 is 3. The van der Waals surface area contributed by atoms with Crippen LogP contribution < -0.4 is 18.9 Å². The predicted molar refractivity (Wildman–Crippen MR) is 87.4 cm³/mol. The van der Waals surface area contributed by atoms with Crippen molar-refractivity contribution in [2.24, 2.45) is 0 Å². The van der Waals surface area contributed by atoms with Crippen LogP contribution in [-0.2, 0) is 0 Å². The molecular weight excluding hydrogens is 312 g/mol. The van der Waals surface area contributed by atoms with Gasteiger partial charge in [0.15, 0.2) is 23.0 Å². The van der Waals surface area contributed by atoms with E-state index < -0.39 is 6.10 Å². The van der Waals surface area contributed by atoms with Gasteiger partial charge in [0.2, 0.25) is 0 Å². The van der Waals surface area contributed by atoms with Crippen molar-refractivity contribution in [1.29, 1.82) is 0 Å². The summed E-state index contributed by atoms with van der Waals surface area (Å²) in [7, 11) is 4.61. The van der Waals surface area contributed by atoms with Gasteiger partial charge in [-0.1, -0.05) is 6.07 Å². The van der Waals surface area contributed by atoms with Crippen LogP contribution in [0, 0.1) is 0 Å². The van der Waals surface area contributed by atoms with E-state index in [4.69, 9.17) is 18.9 Å². The minimum atomic E-state index is -0.392. The Bertz CT molecular complexity index is 743. The molecule has 6 nitrogen and oxygen atoms in total. The molecule has 0 spiro atoms. The fourth-order valence-electron chi connectivity index (χ4n) is 3.02. The summed E-state index contributed by atoms with van der Waals surface area (Å²) in [5.74, 6) is 1.96. The molecule has 24 heavy (non-hydrogen) atoms. The summed E-state index contributed by atoms with van der Waals surface area (Å²) in [4.78, 5) is 0. The highest BCUT2D eigenvalue weighted by Crippen LogP contribution is 2.50. The lowest BCUT2D eigenvalue weighted by atomic mass is 9.91. The highest BCUT2D eigenvalue weighted by atomic mass is 16.5. The quantitative estimate of drug-likeness (QED) is 0.876. The van der Waals surface area contributed by atoms with Crippen LogP contribution >= 0.6 is 0 Å². The molecule has 2 aromatic rings. The van der Waals surface area contributed by atoms with E-state index in [0.29, 0.717) is 23.0 Å². The van der Waals surface area contributed by atoms with E-state index in [0.717, 1.165) is 11.1 Å². The van der Waals surface area contributed by atoms with Crippen LogP contribution in [-0.4, -0.2) is 38.1 Å². The first-order valence-corrected chi connectivity index (χ1v) is 7.53. The molecule has 128 valence electrons. The molecule has 0 bridgehead atoms. The van der Waals surface area contributed by atoms with Crippen molar-refractivity contribution in [3.63, 3.8) is 0 Å². The number of hydrogen-bond donors (Lipinski definition) is 2. The van der Waals surface area contributed by atoms with E-state index in [1.807, 2.05) is 6.07 Å². The van der Waals surface area contributed by atoms with Gasteiger partial charge in [-0.15, -0.1) is 0 Å². The fraction of sp³-hybridized carbons (Fsp3) is 0.333. The van der Waals surface area contributed by atoms with Crippen molar-refractivity contribution in [3.8, 4) is 28.7 Å². The number of aliphatic hydroxyl groups excluding tert-OH is 1. The summed E-state index contributed by atoms with van der Waals surface area (Å²) in [6.07, 6.45) is -0.392. The van der Waals surface area contributed by atoms with E-state index in [1.165, 1.54) is 7.11 Å². The largest absolute Gasteiger partial charge is 0.504 e. The van der Waals surface area contributed by atoms with Gasteiger partial charge in [0.1, 0.15) is 11.9 Å². The molecule has 0 saturated carbocycles. The van der Waals surface area contributed by atoms with Gasteiger partial charge in [0.25, 0.3) is 0 Å². The maximum Gasteiger partial charge on any atom is 0.164 e. The number of fused-ring (bicyclic) bond motifs is 1. The van der Waals surface area contributed by atoms with Gasteiger partial charge in [-0.25, -0.2) is 0 Å². The molecule has 0 aliphatic carbocycles. The summed E-state index contributed by atoms with van der Waals surface area (Å²) in [6, 6.07) is 8.60. The number of benzene rings is 2. The van der Waals surface area contributed by atoms with Gasteiger partial charge in [-0.3, -0.25) is 0 Å². The second-order valence-corrected chi connectivity index (χ2v) is 5.50. The van der Waals surface area contributed by atoms with E-state index in [2.05, 4.69) is 0 Å². The van der Waals surface area contributed by atoms with Crippen molar-refractivity contribution < 1.29 is 29.2 Å². The van der Waals surface area contributed by atoms with Crippen molar-refractivity contribution in [2.75, 3.05) is 27.9 Å². The van der Waals surface area contributed by atoms with Crippen LogP contribution in [0.25, 0.3) is 0 Å². The molecule has 0 amide bonds. The topological polar surface area (TPSA) is 77.4 Å². The third-order valence-corrected chi connectivity index (χ3v) is 4.26. The summed E-state index contributed by atoms with van der Waals surface area (Å²) in [5.41, 5.74) is 1.66. The standard InChI is InChI=1S/C18H20O6/c1-21-15-6-10(4-5-13(15)20)18-12(9-19)11-7-16(22-2)17(23-3)8-14(11)24-18/h4-8,12,18-20H,9H2,1-3H3/t12-,18+/m1/s1. The minimum Gasteiger partial charge on any atom is -0.504 e. The van der Waals surface area contributed by atoms with Gasteiger partial charge >= 0.3 is 0 Å². The van der Waals surface area contributed by atoms with E-state index in [9.17, 15) is 10.2 Å². The number of aromatic hydroxyl groups is 1. The summed E-state index contributed by atoms with van der Waals surface area (Å²) in [6.45, 7) is -0.0870. The number of phenols is 1. The molecule has 6 heteroatoms. The Morgan fingerprint density at radius 3 is 2.25 bits per heavy atom. The van der Waals surface area contributed by atoms with Crippen LogP contribution in [0.3, 0.4) is 0 Å². The molecule has 3 rings (SSSR count). The van der Waals surface area contributed by atoms with E-state index in [-0.39, 0.29) is 18.3 Å². The van der Waals surface area contributed by atoms with Crippen molar-refractivity contribution in [3.05, 3.63) is 41.5 Å². The lowest BCUT2D eigenvalue weighted by molar-refractivity contribution is 0.159. The molecule has 2 N–H and O–H groups in total. The highest BCUT2D eigenvalue weighted by Gasteiger charge is 2.36. The maximum absolute atomic E-state index is 9.88. The zero-order valence-electron chi connectivity index (χ0n) is 13.8. The first-order chi connectivity index (χ1) is 11.6. The maximum atomic E-state index is 9.88. The molecule has 0 fully saturated rings. The second kappa shape index (κ2) is 6.49. The fourth-order valence-corrected chi connectivity index (χ4v) is 3.02. The molecule has 2 aromatic carbocycles. The zero-order chi connectivity index (χ0) is 17.3. The monoisotopic (exact) mass is 332 g/mol. The van der Waals surface area contributed by atoms with Crippen molar-refractivity contribution in [1.82, 2.24) is 0 Å². The number of rotatable bonds is 5. The lowest BCUT2D eigenvalue weighted by Crippen LogP contribution is -2.13. The Morgan fingerprint density at radius 2 is 1.62 bits per heavy atom. The summed E-state index contributed by atoms with van der Waals surface area (Å²) >= 11 is 0. The third-order valence-electron chi connectivity index (χ3n) is 4.26. The Labute approximate surface area is 140 Å². The lowest BCUT2D eigenvalue weighted by Gasteiger charge is -2.18. The Balaban J connectivity index is 2.02. The van der Waals surface area contributed by atoms with Crippen molar-refractivity contribution >= 4 is 0 Å². The first kappa shape index (κ1) is 16.3. The molecular formula is C18H20O6. The van der Waals surface area contributed by atoms with Gasteiger partial charge in [-0.2, -0.15) is 0 Å². The highest BCUT2D eigenvalue weighted by molar-refractivity contribution is 5.55. The minimum absolute atomic E-state index is 0.0562. The van der Waals surface area contributed by atoms with Crippen LogP contribution in [0.1, 0.15) is 23.1 Å². The van der Waals surface area contributed by atoms with E-state index >= 15 is 0 Å². The number of aliphatic hydroxyl groups is 1. The third kappa shape index (κ3) is 2.59. The number of hydrogen-bond acceptors (Lipinski definition) is 6. The van der Waals surface area contributed by atoms with Crippen molar-refractivity contribution in [2.45, 2.75) is 12.0 Å². The summed E-state index contributed by atoms with van der Waals surface area (Å²) < 4.78 is 21.8. The van der Waals surface area contributed by atoms with Gasteiger partial charge in [0.05, 0.1) is 33.9 Å². The Morgan fingerprint density at radius 1 is 0.958 bits per heavy atom. The van der Waals surface area contributed by atoms with Crippen LogP contribution in [0.2, 0.25) is 0 Å². The van der Waals surface area contributed by atoms with Crippen LogP contribution in [0.4, 0.5) is 0 Å². The average molecular weight is 332 g/mol. The second-order valence-electron chi connectivity index (χ2n) is 5.50. The average Bonchev–Trinajstić information content (AvgIpc) is 2.98. The Kier molecular flexibility index (Phi) is 4.40. The smallest absolute Gasteiger partial charge is 0.164 e. The molecule has 1 heterocycles. The van der Waals surface area contributed by atoms with Gasteiger partial charge in [-0.05, 0) is 23.8 Å². The molecule has 1 aliphatic rings. The summed E-state index contributed by atoms with van der Waals surface area (Å²) in [5, 5.41) is 19.6. The SMILES string of the molecule is COc1cc([C@@H]2Oc3cc(OC)c(OC)cc3[C@H]2CO)ccc1O. The number of phenolic OH excluding ortho intramolecular Hbond substituents is 1. The van der Waals surface area contributed by atoms with Crippen LogP contribution in [0.15, 0.2) is 30.3 Å². The molecule has 0 unspecified atom stereocenters. The molecule has 1 aliphatic heterocycles. The first-order valence-electron chi connectivity index (χ1n) is 7.53. The normalized spacial score (nSPS) is 18.7. The van der Waals surface area contributed by atoms with Gasteiger partial charge < -0.3 is 29.2 Å². The zero-order valence-corrected chi connectivity index (χ0v) is 13.8. The Hall–Kier alpha value is -2.60. The molecule has 0 saturated heterocycles. The van der Waals surface area contributed by atoms with E-state index in [1.54, 1.807) is 38.5 Å². The molecule has 0 aromatic heterocycles.